The molecule has 1 atom stereocenters. The van der Waals surface area contributed by atoms with E-state index in [0.717, 1.165) is 23.4 Å². The van der Waals surface area contributed by atoms with Gasteiger partial charge in [-0.25, -0.2) is 27.9 Å². The summed E-state index contributed by atoms with van der Waals surface area (Å²) in [6, 6.07) is 3.81. The maximum absolute atomic E-state index is 15.1. The van der Waals surface area contributed by atoms with Crippen LogP contribution >= 0.6 is 0 Å². The monoisotopic (exact) mass is 469 g/mol. The van der Waals surface area contributed by atoms with Crippen LogP contribution in [-0.4, -0.2) is 35.7 Å². The Hall–Kier alpha value is -3.53. The molecule has 1 aromatic carbocycles. The predicted molar refractivity (Wildman–Crippen MR) is 123 cm³/mol. The summed E-state index contributed by atoms with van der Waals surface area (Å²) >= 11 is 0. The van der Waals surface area contributed by atoms with E-state index >= 15 is 4.39 Å². The summed E-state index contributed by atoms with van der Waals surface area (Å²) in [5.41, 5.74) is 1.91. The van der Waals surface area contributed by atoms with E-state index in [4.69, 9.17) is 0 Å². The molecule has 2 N–H and O–H groups in total. The van der Waals surface area contributed by atoms with Crippen LogP contribution in [0.1, 0.15) is 40.8 Å². The summed E-state index contributed by atoms with van der Waals surface area (Å²) in [6.45, 7) is 5.44. The molecule has 170 valence electrons. The highest BCUT2D eigenvalue weighted by Crippen LogP contribution is 2.29. The lowest BCUT2D eigenvalue weighted by atomic mass is 10.00. The zero-order valence-electron chi connectivity index (χ0n) is 18.2. The Morgan fingerprint density at radius 3 is 2.67 bits per heavy atom. The fourth-order valence-corrected chi connectivity index (χ4v) is 4.41. The smallest absolute Gasteiger partial charge is 0.198 e. The third-order valence-electron chi connectivity index (χ3n) is 5.13. The Morgan fingerprint density at radius 1 is 1.15 bits per heavy atom. The molecule has 0 amide bonds. The number of halogens is 2. The van der Waals surface area contributed by atoms with Crippen LogP contribution in [-0.2, 0) is 11.0 Å². The molecule has 0 aliphatic carbocycles. The molecule has 3 heterocycles. The Morgan fingerprint density at radius 2 is 1.94 bits per heavy atom. The van der Waals surface area contributed by atoms with E-state index in [1.165, 1.54) is 6.20 Å². The van der Waals surface area contributed by atoms with E-state index in [1.807, 2.05) is 6.92 Å². The summed E-state index contributed by atoms with van der Waals surface area (Å²) in [5, 5.41) is 0.477. The second-order valence-electron chi connectivity index (χ2n) is 7.50. The van der Waals surface area contributed by atoms with Gasteiger partial charge in [-0.1, -0.05) is 6.92 Å². The first-order chi connectivity index (χ1) is 15.8. The van der Waals surface area contributed by atoms with Crippen molar-refractivity contribution < 1.29 is 17.8 Å². The molecular formula is C23H21F2N5O2S. The van der Waals surface area contributed by atoms with Crippen LogP contribution in [0, 0.1) is 25.5 Å². The number of rotatable bonds is 7. The molecular weight excluding hydrogens is 448 g/mol. The van der Waals surface area contributed by atoms with Crippen molar-refractivity contribution in [1.29, 1.82) is 0 Å². The highest BCUT2D eigenvalue weighted by molar-refractivity contribution is 7.86. The van der Waals surface area contributed by atoms with E-state index < -0.39 is 34.1 Å². The van der Waals surface area contributed by atoms with Gasteiger partial charge < -0.3 is 4.98 Å². The topological polar surface area (TPSA) is 101 Å². The Kier molecular flexibility index (Phi) is 6.28. The lowest BCUT2D eigenvalue weighted by Gasteiger charge is -2.11. The number of carbonyl (C=O) groups excluding carboxylic acids is 1. The molecule has 0 aliphatic heterocycles. The van der Waals surface area contributed by atoms with Crippen molar-refractivity contribution in [2.24, 2.45) is 0 Å². The maximum Gasteiger partial charge on any atom is 0.198 e. The molecule has 0 radical (unpaired) electrons. The van der Waals surface area contributed by atoms with Gasteiger partial charge in [0.1, 0.15) is 34.0 Å². The van der Waals surface area contributed by atoms with Crippen LogP contribution in [0.2, 0.25) is 0 Å². The van der Waals surface area contributed by atoms with E-state index in [-0.39, 0.29) is 16.9 Å². The third-order valence-corrected chi connectivity index (χ3v) is 6.34. The summed E-state index contributed by atoms with van der Waals surface area (Å²) in [4.78, 5) is 29.1. The van der Waals surface area contributed by atoms with E-state index in [2.05, 4.69) is 24.7 Å². The molecule has 0 saturated carbocycles. The van der Waals surface area contributed by atoms with Crippen molar-refractivity contribution >= 4 is 33.5 Å². The molecule has 10 heteroatoms. The van der Waals surface area contributed by atoms with Crippen molar-refractivity contribution in [3.8, 4) is 11.1 Å². The minimum Gasteiger partial charge on any atom is -0.345 e. The molecule has 1 unspecified atom stereocenters. The van der Waals surface area contributed by atoms with Gasteiger partial charge in [0, 0.05) is 52.1 Å². The number of fused-ring (bicyclic) bond motifs is 1. The van der Waals surface area contributed by atoms with Gasteiger partial charge in [-0.15, -0.1) is 0 Å². The van der Waals surface area contributed by atoms with Gasteiger partial charge in [0.15, 0.2) is 11.6 Å². The largest absolute Gasteiger partial charge is 0.345 e. The lowest BCUT2D eigenvalue weighted by molar-refractivity contribution is 0.103. The summed E-state index contributed by atoms with van der Waals surface area (Å²) < 4.78 is 43.6. The number of nitrogens with zero attached hydrogens (tertiary/aromatic N) is 3. The van der Waals surface area contributed by atoms with Gasteiger partial charge >= 0.3 is 0 Å². The average molecular weight is 470 g/mol. The van der Waals surface area contributed by atoms with Gasteiger partial charge in [0.05, 0.1) is 5.56 Å². The highest BCUT2D eigenvalue weighted by Gasteiger charge is 2.23. The molecule has 0 aliphatic rings. The quantitative estimate of drug-likeness (QED) is 0.384. The molecule has 0 fully saturated rings. The molecule has 33 heavy (non-hydrogen) atoms. The van der Waals surface area contributed by atoms with Gasteiger partial charge in [-0.2, -0.15) is 0 Å². The van der Waals surface area contributed by atoms with Gasteiger partial charge in [0.25, 0.3) is 0 Å². The first-order valence-corrected chi connectivity index (χ1v) is 11.6. The van der Waals surface area contributed by atoms with Crippen LogP contribution in [0.15, 0.2) is 36.8 Å². The second kappa shape index (κ2) is 9.14. The van der Waals surface area contributed by atoms with Crippen LogP contribution < -0.4 is 4.72 Å². The number of hydrogen-bond acceptors (Lipinski definition) is 5. The zero-order chi connectivity index (χ0) is 23.7. The molecule has 4 aromatic rings. The Bertz CT molecular complexity index is 1400. The highest BCUT2D eigenvalue weighted by atomic mass is 32.2. The number of anilines is 1. The maximum atomic E-state index is 15.1. The van der Waals surface area contributed by atoms with E-state index in [1.54, 1.807) is 32.3 Å². The van der Waals surface area contributed by atoms with Crippen LogP contribution in [0.5, 0.6) is 0 Å². The SMILES string of the molecule is CCCS(=O)Nc1c(F)ccc(C(=O)c2c[nH]c3ncc(-c4cnc(C)nc4C)cc23)c1F. The number of nitrogens with one attached hydrogen (secondary N) is 2. The summed E-state index contributed by atoms with van der Waals surface area (Å²) in [6.07, 6.45) is 5.32. The Balaban J connectivity index is 1.77. The van der Waals surface area contributed by atoms with E-state index in [0.29, 0.717) is 28.8 Å². The Labute approximate surface area is 191 Å². The number of aromatic amines is 1. The fraction of sp³-hybridized carbons (Fsp3) is 0.217. The minimum atomic E-state index is -1.67. The first kappa shape index (κ1) is 22.7. The number of ketones is 1. The van der Waals surface area contributed by atoms with Gasteiger partial charge in [-0.05, 0) is 38.5 Å². The van der Waals surface area contributed by atoms with Gasteiger partial charge in [0.2, 0.25) is 0 Å². The van der Waals surface area contributed by atoms with Crippen molar-refractivity contribution in [2.75, 3.05) is 10.5 Å². The number of pyridine rings is 1. The molecule has 3 aromatic heterocycles. The summed E-state index contributed by atoms with van der Waals surface area (Å²) in [5.74, 6) is -1.81. The predicted octanol–water partition coefficient (Wildman–Crippen LogP) is 4.63. The molecule has 0 saturated heterocycles. The van der Waals surface area contributed by atoms with Crippen LogP contribution in [0.4, 0.5) is 14.5 Å². The van der Waals surface area contributed by atoms with Crippen molar-refractivity contribution in [2.45, 2.75) is 27.2 Å². The third kappa shape index (κ3) is 4.38. The number of aryl methyl sites for hydroxylation is 2. The summed E-state index contributed by atoms with van der Waals surface area (Å²) in [7, 11) is -1.67. The van der Waals surface area contributed by atoms with Crippen molar-refractivity contribution in [3.63, 3.8) is 0 Å². The molecule has 0 spiro atoms. The van der Waals surface area contributed by atoms with Gasteiger partial charge in [-0.3, -0.25) is 9.52 Å². The number of H-pyrrole nitrogens is 1. The first-order valence-electron chi connectivity index (χ1n) is 10.3. The van der Waals surface area contributed by atoms with Crippen molar-refractivity contribution in [1.82, 2.24) is 19.9 Å². The lowest BCUT2D eigenvalue weighted by Crippen LogP contribution is -2.13. The normalized spacial score (nSPS) is 12.2. The molecule has 4 rings (SSSR count). The molecule has 7 nitrogen and oxygen atoms in total. The number of aromatic nitrogens is 4. The van der Waals surface area contributed by atoms with E-state index in [9.17, 15) is 13.4 Å². The second-order valence-corrected chi connectivity index (χ2v) is 8.81. The minimum absolute atomic E-state index is 0.177. The van der Waals surface area contributed by atoms with Crippen molar-refractivity contribution in [3.05, 3.63) is 71.1 Å². The zero-order valence-corrected chi connectivity index (χ0v) is 19.0. The average Bonchev–Trinajstić information content (AvgIpc) is 3.20. The molecule has 0 bridgehead atoms. The number of carbonyl (C=O) groups is 1. The van der Waals surface area contributed by atoms with Crippen LogP contribution in [0.3, 0.4) is 0 Å². The number of benzene rings is 1. The van der Waals surface area contributed by atoms with Crippen LogP contribution in [0.25, 0.3) is 22.2 Å². The standard InChI is InChI=1S/C23H21F2N5O2S/c1-4-7-33(32)30-21-19(24)6-5-15(20(21)25)22(31)18-11-28-23-16(18)8-14(9-27-23)17-10-26-13(3)29-12(17)2/h5-6,8-11,30H,4,7H2,1-3H3,(H,27,28). The number of hydrogen-bond donors (Lipinski definition) is 2. The fourth-order valence-electron chi connectivity index (χ4n) is 3.52.